The number of ether oxygens (including phenoxy) is 1. The molecule has 0 aromatic carbocycles. The van der Waals surface area contributed by atoms with Gasteiger partial charge in [0.1, 0.15) is 6.26 Å². The van der Waals surface area contributed by atoms with Crippen molar-refractivity contribution in [2.75, 3.05) is 18.1 Å². The second-order valence-electron chi connectivity index (χ2n) is 3.47. The molecule has 0 atom stereocenters. The molecule has 0 aliphatic carbocycles. The van der Waals surface area contributed by atoms with E-state index in [1.54, 1.807) is 6.26 Å². The maximum absolute atomic E-state index is 11.7. The highest BCUT2D eigenvalue weighted by atomic mass is 127. The molecular formula is C11H17IN2O3. The van der Waals surface area contributed by atoms with Crippen LogP contribution in [0.3, 0.4) is 0 Å². The molecule has 1 amide bonds. The van der Waals surface area contributed by atoms with E-state index in [0.29, 0.717) is 19.2 Å². The lowest BCUT2D eigenvalue weighted by molar-refractivity contribution is 0.151. The standard InChI is InChI=1S/C11H17IN2O3/c1-3-5-6-16-11(15)14(4-2)10-13-9(7-12)8-17-10/h8H,3-7H2,1-2H3. The Morgan fingerprint density at radius 2 is 2.35 bits per heavy atom. The summed E-state index contributed by atoms with van der Waals surface area (Å²) in [6, 6.07) is 0.306. The summed E-state index contributed by atoms with van der Waals surface area (Å²) in [5.41, 5.74) is 0.820. The predicted octanol–water partition coefficient (Wildman–Crippen LogP) is 3.37. The Morgan fingerprint density at radius 1 is 1.59 bits per heavy atom. The molecule has 0 N–H and O–H groups in total. The molecule has 0 spiro atoms. The van der Waals surface area contributed by atoms with Crippen molar-refractivity contribution in [2.24, 2.45) is 0 Å². The first-order valence-corrected chi connectivity index (χ1v) is 7.20. The van der Waals surface area contributed by atoms with Gasteiger partial charge in [-0.1, -0.05) is 35.9 Å². The molecule has 5 nitrogen and oxygen atoms in total. The summed E-state index contributed by atoms with van der Waals surface area (Å²) in [6.45, 7) is 4.82. The number of amides is 1. The van der Waals surface area contributed by atoms with Crippen LogP contribution in [-0.4, -0.2) is 24.2 Å². The van der Waals surface area contributed by atoms with Gasteiger partial charge in [-0.15, -0.1) is 0 Å². The van der Waals surface area contributed by atoms with Crippen molar-refractivity contribution in [3.63, 3.8) is 0 Å². The van der Waals surface area contributed by atoms with Crippen molar-refractivity contribution in [3.05, 3.63) is 12.0 Å². The molecule has 0 bridgehead atoms. The highest BCUT2D eigenvalue weighted by Crippen LogP contribution is 2.16. The Hall–Kier alpha value is -0.790. The van der Waals surface area contributed by atoms with Crippen LogP contribution in [0.1, 0.15) is 32.4 Å². The number of rotatable bonds is 6. The van der Waals surface area contributed by atoms with Crippen LogP contribution in [0.5, 0.6) is 0 Å². The molecule has 1 rings (SSSR count). The molecule has 0 fully saturated rings. The third kappa shape index (κ3) is 4.18. The zero-order chi connectivity index (χ0) is 12.7. The largest absolute Gasteiger partial charge is 0.449 e. The fourth-order valence-electron chi connectivity index (χ4n) is 1.21. The van der Waals surface area contributed by atoms with Gasteiger partial charge in [-0.25, -0.2) is 9.69 Å². The van der Waals surface area contributed by atoms with Gasteiger partial charge in [0.15, 0.2) is 0 Å². The molecule has 0 aliphatic heterocycles. The van der Waals surface area contributed by atoms with Crippen LogP contribution in [-0.2, 0) is 9.16 Å². The number of halogens is 1. The Morgan fingerprint density at radius 3 is 2.88 bits per heavy atom. The summed E-state index contributed by atoms with van der Waals surface area (Å²) in [5.74, 6) is 0. The molecule has 1 aromatic rings. The zero-order valence-corrected chi connectivity index (χ0v) is 12.3. The van der Waals surface area contributed by atoms with Gasteiger partial charge in [-0.2, -0.15) is 4.98 Å². The first kappa shape index (κ1) is 14.3. The van der Waals surface area contributed by atoms with Gasteiger partial charge >= 0.3 is 12.1 Å². The Labute approximate surface area is 115 Å². The van der Waals surface area contributed by atoms with Gasteiger partial charge in [0.2, 0.25) is 0 Å². The van der Waals surface area contributed by atoms with E-state index in [2.05, 4.69) is 27.6 Å². The van der Waals surface area contributed by atoms with E-state index < -0.39 is 6.09 Å². The topological polar surface area (TPSA) is 55.6 Å². The lowest BCUT2D eigenvalue weighted by Crippen LogP contribution is -2.31. The highest BCUT2D eigenvalue weighted by Gasteiger charge is 2.20. The van der Waals surface area contributed by atoms with Crippen LogP contribution in [0.2, 0.25) is 0 Å². The van der Waals surface area contributed by atoms with Gasteiger partial charge in [-0.05, 0) is 13.3 Å². The number of hydrogen-bond acceptors (Lipinski definition) is 4. The van der Waals surface area contributed by atoms with Gasteiger partial charge in [0.05, 0.1) is 12.3 Å². The normalized spacial score (nSPS) is 10.3. The maximum atomic E-state index is 11.7. The minimum absolute atomic E-state index is 0.306. The number of carbonyl (C=O) groups is 1. The molecule has 17 heavy (non-hydrogen) atoms. The van der Waals surface area contributed by atoms with Crippen LogP contribution in [0.25, 0.3) is 0 Å². The van der Waals surface area contributed by atoms with E-state index in [1.807, 2.05) is 13.8 Å². The third-order valence-electron chi connectivity index (χ3n) is 2.17. The van der Waals surface area contributed by atoms with E-state index in [0.717, 1.165) is 23.0 Å². The summed E-state index contributed by atoms with van der Waals surface area (Å²) in [4.78, 5) is 17.3. The van der Waals surface area contributed by atoms with E-state index in [1.165, 1.54) is 4.90 Å². The molecule has 1 aromatic heterocycles. The number of unbranched alkanes of at least 4 members (excludes halogenated alkanes) is 1. The van der Waals surface area contributed by atoms with E-state index in [4.69, 9.17) is 9.15 Å². The average Bonchev–Trinajstić information content (AvgIpc) is 2.79. The Balaban J connectivity index is 2.60. The number of aromatic nitrogens is 1. The monoisotopic (exact) mass is 352 g/mol. The van der Waals surface area contributed by atoms with Gasteiger partial charge in [0.25, 0.3) is 0 Å². The van der Waals surface area contributed by atoms with E-state index in [-0.39, 0.29) is 0 Å². The van der Waals surface area contributed by atoms with Crippen LogP contribution in [0, 0.1) is 0 Å². The van der Waals surface area contributed by atoms with Crippen molar-refractivity contribution < 1.29 is 13.9 Å². The van der Waals surface area contributed by atoms with Crippen molar-refractivity contribution in [3.8, 4) is 0 Å². The van der Waals surface area contributed by atoms with Crippen molar-refractivity contribution in [1.82, 2.24) is 4.98 Å². The van der Waals surface area contributed by atoms with Crippen molar-refractivity contribution in [2.45, 2.75) is 31.1 Å². The molecule has 96 valence electrons. The number of nitrogens with zero attached hydrogens (tertiary/aromatic N) is 2. The van der Waals surface area contributed by atoms with E-state index >= 15 is 0 Å². The third-order valence-corrected chi connectivity index (χ3v) is 2.95. The minimum Gasteiger partial charge on any atom is -0.449 e. The molecule has 0 saturated carbocycles. The van der Waals surface area contributed by atoms with Crippen LogP contribution in [0.4, 0.5) is 10.8 Å². The Kier molecular flexibility index (Phi) is 6.31. The molecule has 1 heterocycles. The molecule has 0 saturated heterocycles. The molecule has 6 heteroatoms. The number of alkyl halides is 1. The van der Waals surface area contributed by atoms with Crippen LogP contribution in [0.15, 0.2) is 10.7 Å². The summed E-state index contributed by atoms with van der Waals surface area (Å²) >= 11 is 2.19. The summed E-state index contributed by atoms with van der Waals surface area (Å²) in [7, 11) is 0. The molecule has 0 aliphatic rings. The highest BCUT2D eigenvalue weighted by molar-refractivity contribution is 14.1. The summed E-state index contributed by atoms with van der Waals surface area (Å²) < 4.78 is 11.1. The lowest BCUT2D eigenvalue weighted by atomic mass is 10.4. The van der Waals surface area contributed by atoms with Crippen LogP contribution < -0.4 is 4.90 Å². The lowest BCUT2D eigenvalue weighted by Gasteiger charge is -2.15. The quantitative estimate of drug-likeness (QED) is 0.448. The van der Waals surface area contributed by atoms with Crippen LogP contribution >= 0.6 is 22.6 Å². The van der Waals surface area contributed by atoms with Gasteiger partial charge < -0.3 is 9.15 Å². The minimum atomic E-state index is -0.400. The smallest absolute Gasteiger partial charge is 0.417 e. The fraction of sp³-hybridized carbons (Fsp3) is 0.636. The summed E-state index contributed by atoms with van der Waals surface area (Å²) in [6.07, 6.45) is 3.03. The number of carbonyl (C=O) groups excluding carboxylic acids is 1. The number of hydrogen-bond donors (Lipinski definition) is 0. The fourth-order valence-corrected chi connectivity index (χ4v) is 1.56. The second-order valence-corrected chi connectivity index (χ2v) is 4.23. The van der Waals surface area contributed by atoms with Crippen molar-refractivity contribution >= 4 is 34.7 Å². The first-order valence-electron chi connectivity index (χ1n) is 5.67. The van der Waals surface area contributed by atoms with E-state index in [9.17, 15) is 4.79 Å². The van der Waals surface area contributed by atoms with Gasteiger partial charge in [0, 0.05) is 11.0 Å². The predicted molar refractivity (Wildman–Crippen MR) is 73.5 cm³/mol. The molecular weight excluding hydrogens is 335 g/mol. The SMILES string of the molecule is CCCCOC(=O)N(CC)c1nc(CI)co1. The molecule has 0 radical (unpaired) electrons. The van der Waals surface area contributed by atoms with Crippen molar-refractivity contribution in [1.29, 1.82) is 0 Å². The zero-order valence-electron chi connectivity index (χ0n) is 10.1. The first-order chi connectivity index (χ1) is 8.22. The maximum Gasteiger partial charge on any atom is 0.417 e. The summed E-state index contributed by atoms with van der Waals surface area (Å²) in [5, 5.41) is 0. The molecule has 0 unspecified atom stereocenters. The average molecular weight is 352 g/mol. The number of oxazole rings is 1. The van der Waals surface area contributed by atoms with Gasteiger partial charge in [-0.3, -0.25) is 0 Å². The number of anilines is 1. The Bertz CT molecular complexity index is 354. The second kappa shape index (κ2) is 7.52.